The number of esters is 1. The van der Waals surface area contributed by atoms with Crippen LogP contribution in [0.3, 0.4) is 0 Å². The van der Waals surface area contributed by atoms with Gasteiger partial charge in [0.25, 0.3) is 0 Å². The van der Waals surface area contributed by atoms with Gasteiger partial charge in [-0.3, -0.25) is 0 Å². The summed E-state index contributed by atoms with van der Waals surface area (Å²) in [7, 11) is 1.18. The van der Waals surface area contributed by atoms with Gasteiger partial charge in [-0.15, -0.1) is 11.3 Å². The third kappa shape index (κ3) is 2.21. The molecule has 2 aromatic rings. The molecule has 0 N–H and O–H groups in total. The highest BCUT2D eigenvalue weighted by Gasteiger charge is 2.19. The number of carbonyl (C=O) groups is 1. The predicted octanol–water partition coefficient (Wildman–Crippen LogP) is 3.01. The molecule has 0 amide bonds. The van der Waals surface area contributed by atoms with E-state index in [2.05, 4.69) is 9.72 Å². The number of ether oxygens (including phenoxy) is 1. The van der Waals surface area contributed by atoms with E-state index in [9.17, 15) is 18.0 Å². The van der Waals surface area contributed by atoms with Crippen LogP contribution in [0.2, 0.25) is 0 Å². The van der Waals surface area contributed by atoms with Gasteiger partial charge in [-0.05, 0) is 0 Å². The molecule has 94 valence electrons. The first kappa shape index (κ1) is 12.6. The van der Waals surface area contributed by atoms with Crippen LogP contribution in [0.1, 0.15) is 9.67 Å². The van der Waals surface area contributed by atoms with Crippen LogP contribution in [0.4, 0.5) is 13.2 Å². The largest absolute Gasteiger partial charge is 0.465 e. The number of halogens is 3. The Kier molecular flexibility index (Phi) is 3.33. The summed E-state index contributed by atoms with van der Waals surface area (Å²) in [5.74, 6) is -3.81. The maximum absolute atomic E-state index is 13.5. The van der Waals surface area contributed by atoms with Crippen molar-refractivity contribution in [3.63, 3.8) is 0 Å². The van der Waals surface area contributed by atoms with Gasteiger partial charge in [-0.1, -0.05) is 0 Å². The van der Waals surface area contributed by atoms with Crippen LogP contribution in [-0.4, -0.2) is 18.1 Å². The van der Waals surface area contributed by atoms with Gasteiger partial charge in [0.1, 0.15) is 27.3 Å². The van der Waals surface area contributed by atoms with Gasteiger partial charge in [0.05, 0.1) is 18.9 Å². The average molecular weight is 273 g/mol. The van der Waals surface area contributed by atoms with Crippen LogP contribution < -0.4 is 0 Å². The van der Waals surface area contributed by atoms with E-state index in [1.807, 2.05) is 0 Å². The number of thiazole rings is 1. The monoisotopic (exact) mass is 273 g/mol. The summed E-state index contributed by atoms with van der Waals surface area (Å²) >= 11 is 0.765. The number of aromatic nitrogens is 1. The van der Waals surface area contributed by atoms with E-state index in [4.69, 9.17) is 0 Å². The fourth-order valence-corrected chi connectivity index (χ4v) is 2.21. The van der Waals surface area contributed by atoms with Gasteiger partial charge < -0.3 is 4.74 Å². The topological polar surface area (TPSA) is 39.2 Å². The highest BCUT2D eigenvalue weighted by Crippen LogP contribution is 2.30. The van der Waals surface area contributed by atoms with E-state index in [-0.39, 0.29) is 9.88 Å². The van der Waals surface area contributed by atoms with Gasteiger partial charge in [-0.25, -0.2) is 22.9 Å². The van der Waals surface area contributed by atoms with Gasteiger partial charge in [0.15, 0.2) is 0 Å². The van der Waals surface area contributed by atoms with Crippen molar-refractivity contribution in [2.75, 3.05) is 7.11 Å². The van der Waals surface area contributed by atoms with Crippen molar-refractivity contribution in [2.24, 2.45) is 0 Å². The molecule has 0 aliphatic heterocycles. The molecule has 1 heterocycles. The first-order valence-corrected chi connectivity index (χ1v) is 5.53. The zero-order valence-electron chi connectivity index (χ0n) is 9.04. The van der Waals surface area contributed by atoms with Crippen LogP contribution >= 0.6 is 11.3 Å². The molecule has 0 saturated heterocycles. The minimum Gasteiger partial charge on any atom is -0.465 e. The van der Waals surface area contributed by atoms with Crippen LogP contribution in [0.15, 0.2) is 18.3 Å². The predicted molar refractivity (Wildman–Crippen MR) is 58.8 cm³/mol. The van der Waals surface area contributed by atoms with Gasteiger partial charge in [0, 0.05) is 12.1 Å². The van der Waals surface area contributed by atoms with E-state index >= 15 is 0 Å². The van der Waals surface area contributed by atoms with Gasteiger partial charge in [-0.2, -0.15) is 0 Å². The van der Waals surface area contributed by atoms with Crippen molar-refractivity contribution in [1.29, 1.82) is 0 Å². The molecule has 0 fully saturated rings. The normalized spacial score (nSPS) is 10.4. The maximum atomic E-state index is 13.5. The number of rotatable bonds is 2. The Morgan fingerprint density at radius 2 is 1.89 bits per heavy atom. The molecule has 0 aliphatic carbocycles. The van der Waals surface area contributed by atoms with Crippen LogP contribution in [0, 0.1) is 17.5 Å². The molecule has 0 radical (unpaired) electrons. The molecule has 7 heteroatoms. The Bertz CT molecular complexity index is 589. The first-order valence-electron chi connectivity index (χ1n) is 4.72. The van der Waals surface area contributed by atoms with Crippen LogP contribution in [0.5, 0.6) is 0 Å². The van der Waals surface area contributed by atoms with Crippen LogP contribution in [0.25, 0.3) is 10.6 Å². The zero-order chi connectivity index (χ0) is 13.3. The Labute approximate surface area is 104 Å². The summed E-state index contributed by atoms with van der Waals surface area (Å²) in [4.78, 5) is 15.0. The van der Waals surface area contributed by atoms with E-state index in [0.29, 0.717) is 12.1 Å². The van der Waals surface area contributed by atoms with Gasteiger partial charge in [0.2, 0.25) is 0 Å². The van der Waals surface area contributed by atoms with Crippen molar-refractivity contribution < 1.29 is 22.7 Å². The number of benzene rings is 1. The summed E-state index contributed by atoms with van der Waals surface area (Å²) < 4.78 is 44.1. The van der Waals surface area contributed by atoms with Crippen molar-refractivity contribution in [3.8, 4) is 10.6 Å². The summed E-state index contributed by atoms with van der Waals surface area (Å²) in [5, 5.41) is -0.0506. The average Bonchev–Trinajstić information content (AvgIpc) is 2.76. The Balaban J connectivity index is 2.49. The number of hydrogen-bond donors (Lipinski definition) is 0. The Morgan fingerprint density at radius 3 is 2.44 bits per heavy atom. The highest BCUT2D eigenvalue weighted by atomic mass is 32.1. The third-order valence-electron chi connectivity index (χ3n) is 2.11. The second-order valence-corrected chi connectivity index (χ2v) is 4.30. The molecule has 0 unspecified atom stereocenters. The summed E-state index contributed by atoms with van der Waals surface area (Å²) in [6.45, 7) is 0. The molecular weight excluding hydrogens is 267 g/mol. The van der Waals surface area contributed by atoms with E-state index in [1.54, 1.807) is 0 Å². The molecule has 0 bridgehead atoms. The second-order valence-electron chi connectivity index (χ2n) is 3.27. The maximum Gasteiger partial charge on any atom is 0.349 e. The number of carbonyl (C=O) groups excluding carboxylic acids is 1. The number of hydrogen-bond acceptors (Lipinski definition) is 4. The highest BCUT2D eigenvalue weighted by molar-refractivity contribution is 7.16. The molecule has 0 spiro atoms. The molecule has 0 aliphatic rings. The fourth-order valence-electron chi connectivity index (χ4n) is 1.33. The number of methoxy groups -OCH3 is 1. The van der Waals surface area contributed by atoms with Crippen molar-refractivity contribution >= 4 is 17.3 Å². The molecule has 3 nitrogen and oxygen atoms in total. The van der Waals surface area contributed by atoms with Gasteiger partial charge >= 0.3 is 5.97 Å². The molecular formula is C11H6F3NO2S. The molecule has 2 rings (SSSR count). The Morgan fingerprint density at radius 1 is 1.28 bits per heavy atom. The standard InChI is InChI=1S/C11H6F3NO2S/c1-17-11(16)8-4-15-10(18-8)9-6(13)2-5(12)3-7(9)14/h2-4H,1H3. The summed E-state index contributed by atoms with van der Waals surface area (Å²) in [5.41, 5.74) is -0.462. The fraction of sp³-hybridized carbons (Fsp3) is 0.0909. The summed E-state index contributed by atoms with van der Waals surface area (Å²) in [6, 6.07) is 1.11. The third-order valence-corrected chi connectivity index (χ3v) is 3.11. The molecule has 1 aromatic carbocycles. The lowest BCUT2D eigenvalue weighted by Gasteiger charge is -2.01. The summed E-state index contributed by atoms with van der Waals surface area (Å²) in [6.07, 6.45) is 1.15. The molecule has 1 aromatic heterocycles. The zero-order valence-corrected chi connectivity index (χ0v) is 9.85. The SMILES string of the molecule is COC(=O)c1cnc(-c2c(F)cc(F)cc2F)s1. The number of nitrogens with zero attached hydrogens (tertiary/aromatic N) is 1. The quantitative estimate of drug-likeness (QED) is 0.789. The van der Waals surface area contributed by atoms with Crippen molar-refractivity contribution in [1.82, 2.24) is 4.98 Å². The Hall–Kier alpha value is -1.89. The lowest BCUT2D eigenvalue weighted by atomic mass is 10.2. The van der Waals surface area contributed by atoms with Crippen LogP contribution in [-0.2, 0) is 4.74 Å². The molecule has 18 heavy (non-hydrogen) atoms. The minimum absolute atomic E-state index is 0.0506. The van der Waals surface area contributed by atoms with E-state index in [0.717, 1.165) is 17.5 Å². The first-order chi connectivity index (χ1) is 8.52. The lowest BCUT2D eigenvalue weighted by molar-refractivity contribution is 0.0606. The lowest BCUT2D eigenvalue weighted by Crippen LogP contribution is -1.96. The smallest absolute Gasteiger partial charge is 0.349 e. The molecule has 0 atom stereocenters. The van der Waals surface area contributed by atoms with E-state index < -0.39 is 29.0 Å². The van der Waals surface area contributed by atoms with Crippen molar-refractivity contribution in [2.45, 2.75) is 0 Å². The minimum atomic E-state index is -1.07. The van der Waals surface area contributed by atoms with Crippen molar-refractivity contribution in [3.05, 3.63) is 40.7 Å². The molecule has 0 saturated carbocycles. The second kappa shape index (κ2) is 4.77. The van der Waals surface area contributed by atoms with E-state index in [1.165, 1.54) is 7.11 Å².